The molecule has 0 bridgehead atoms. The number of nitrogens with one attached hydrogen (secondary N) is 1. The van der Waals surface area contributed by atoms with E-state index in [0.29, 0.717) is 0 Å². The molecule has 1 saturated heterocycles. The highest BCUT2D eigenvalue weighted by Crippen LogP contribution is 2.10. The van der Waals surface area contributed by atoms with E-state index in [1.54, 1.807) is 0 Å². The minimum atomic E-state index is 0.973. The molecule has 0 aliphatic carbocycles. The van der Waals surface area contributed by atoms with Crippen molar-refractivity contribution in [2.75, 3.05) is 26.2 Å². The summed E-state index contributed by atoms with van der Waals surface area (Å²) < 4.78 is 1.15. The van der Waals surface area contributed by atoms with Crippen molar-refractivity contribution in [3.05, 3.63) is 34.3 Å². The maximum absolute atomic E-state index is 3.51. The summed E-state index contributed by atoms with van der Waals surface area (Å²) in [6.45, 7) is 5.84. The number of likely N-dealkylation sites (tertiary alicyclic amines) is 1. The average Bonchev–Trinajstić information content (AvgIpc) is 2.38. The Morgan fingerprint density at radius 1 is 1.06 bits per heavy atom. The maximum atomic E-state index is 3.51. The van der Waals surface area contributed by atoms with Gasteiger partial charge < -0.3 is 10.2 Å². The fourth-order valence-corrected chi connectivity index (χ4v) is 2.52. The van der Waals surface area contributed by atoms with E-state index < -0.39 is 0 Å². The first-order valence-corrected chi connectivity index (χ1v) is 7.31. The van der Waals surface area contributed by atoms with Gasteiger partial charge in [-0.1, -0.05) is 34.5 Å². The molecule has 1 aromatic rings. The molecule has 94 valence electrons. The van der Waals surface area contributed by atoms with E-state index in [1.165, 1.54) is 44.5 Å². The van der Waals surface area contributed by atoms with Crippen molar-refractivity contribution in [2.45, 2.75) is 25.8 Å². The third-order valence-corrected chi connectivity index (χ3v) is 3.82. The summed E-state index contributed by atoms with van der Waals surface area (Å²) in [7, 11) is 0. The lowest BCUT2D eigenvalue weighted by molar-refractivity contribution is 0.229. The van der Waals surface area contributed by atoms with E-state index in [2.05, 4.69) is 50.4 Å². The molecule has 0 saturated carbocycles. The fourth-order valence-electron chi connectivity index (χ4n) is 2.26. The summed E-state index contributed by atoms with van der Waals surface area (Å²) in [4.78, 5) is 2.57. The quantitative estimate of drug-likeness (QED) is 0.840. The Balaban J connectivity index is 1.60. The zero-order valence-electron chi connectivity index (χ0n) is 10.3. The van der Waals surface area contributed by atoms with Crippen LogP contribution in [-0.2, 0) is 6.54 Å². The number of nitrogens with zero attached hydrogens (tertiary/aromatic N) is 1. The fraction of sp³-hybridized carbons (Fsp3) is 0.571. The van der Waals surface area contributed by atoms with Gasteiger partial charge in [0.25, 0.3) is 0 Å². The molecule has 3 heteroatoms. The Bertz CT molecular complexity index is 317. The number of rotatable bonds is 5. The number of halogens is 1. The van der Waals surface area contributed by atoms with Gasteiger partial charge in [-0.05, 0) is 43.6 Å². The van der Waals surface area contributed by atoms with Crippen LogP contribution >= 0.6 is 15.9 Å². The summed E-state index contributed by atoms with van der Waals surface area (Å²) >= 11 is 3.45. The SMILES string of the molecule is Brc1ccc(CNCCN2CCCCC2)cc1. The van der Waals surface area contributed by atoms with E-state index in [-0.39, 0.29) is 0 Å². The van der Waals surface area contributed by atoms with Crippen molar-refractivity contribution in [2.24, 2.45) is 0 Å². The first-order valence-electron chi connectivity index (χ1n) is 6.52. The Morgan fingerprint density at radius 2 is 1.76 bits per heavy atom. The minimum absolute atomic E-state index is 0.973. The zero-order valence-corrected chi connectivity index (χ0v) is 11.9. The molecule has 1 fully saturated rings. The topological polar surface area (TPSA) is 15.3 Å². The van der Waals surface area contributed by atoms with E-state index in [1.807, 2.05) is 0 Å². The van der Waals surface area contributed by atoms with Crippen LogP contribution in [0.15, 0.2) is 28.7 Å². The molecule has 17 heavy (non-hydrogen) atoms. The second-order valence-corrected chi connectivity index (χ2v) is 5.62. The highest BCUT2D eigenvalue weighted by atomic mass is 79.9. The second-order valence-electron chi connectivity index (χ2n) is 4.71. The molecule has 2 nitrogen and oxygen atoms in total. The molecular formula is C14H21BrN2. The first kappa shape index (κ1) is 13.1. The molecule has 0 spiro atoms. The average molecular weight is 297 g/mol. The Morgan fingerprint density at radius 3 is 2.47 bits per heavy atom. The van der Waals surface area contributed by atoms with Crippen LogP contribution in [0, 0.1) is 0 Å². The summed E-state index contributed by atoms with van der Waals surface area (Å²) in [6.07, 6.45) is 4.18. The van der Waals surface area contributed by atoms with Crippen LogP contribution in [0.3, 0.4) is 0 Å². The molecule has 0 aromatic heterocycles. The number of benzene rings is 1. The largest absolute Gasteiger partial charge is 0.311 e. The van der Waals surface area contributed by atoms with Crippen molar-refractivity contribution in [3.63, 3.8) is 0 Å². The third-order valence-electron chi connectivity index (χ3n) is 3.30. The van der Waals surface area contributed by atoms with Gasteiger partial charge in [0.2, 0.25) is 0 Å². The van der Waals surface area contributed by atoms with Gasteiger partial charge in [-0.25, -0.2) is 0 Å². The standard InChI is InChI=1S/C14H21BrN2/c15-14-6-4-13(5-7-14)12-16-8-11-17-9-2-1-3-10-17/h4-7,16H,1-3,8-12H2. The number of piperidine rings is 1. The van der Waals surface area contributed by atoms with E-state index in [0.717, 1.165) is 17.6 Å². The molecule has 0 unspecified atom stereocenters. The molecule has 0 amide bonds. The molecule has 0 atom stereocenters. The van der Waals surface area contributed by atoms with E-state index in [9.17, 15) is 0 Å². The summed E-state index contributed by atoms with van der Waals surface area (Å²) in [5.74, 6) is 0. The Hall–Kier alpha value is -0.380. The lowest BCUT2D eigenvalue weighted by atomic mass is 10.1. The highest BCUT2D eigenvalue weighted by molar-refractivity contribution is 9.10. The van der Waals surface area contributed by atoms with Gasteiger partial charge in [0.05, 0.1) is 0 Å². The lowest BCUT2D eigenvalue weighted by Crippen LogP contribution is -2.35. The van der Waals surface area contributed by atoms with E-state index >= 15 is 0 Å². The van der Waals surface area contributed by atoms with Gasteiger partial charge in [0, 0.05) is 24.1 Å². The first-order chi connectivity index (χ1) is 8.34. The minimum Gasteiger partial charge on any atom is -0.311 e. The van der Waals surface area contributed by atoms with Crippen LogP contribution in [0.1, 0.15) is 24.8 Å². The van der Waals surface area contributed by atoms with Gasteiger partial charge in [-0.15, -0.1) is 0 Å². The maximum Gasteiger partial charge on any atom is 0.0206 e. The van der Waals surface area contributed by atoms with Gasteiger partial charge in [-0.3, -0.25) is 0 Å². The van der Waals surface area contributed by atoms with Gasteiger partial charge in [0.1, 0.15) is 0 Å². The normalized spacial score (nSPS) is 17.2. The summed E-state index contributed by atoms with van der Waals surface area (Å²) in [5.41, 5.74) is 1.35. The predicted molar refractivity (Wildman–Crippen MR) is 76.1 cm³/mol. The molecular weight excluding hydrogens is 276 g/mol. The van der Waals surface area contributed by atoms with Crippen molar-refractivity contribution in [1.29, 1.82) is 0 Å². The van der Waals surface area contributed by atoms with Crippen LogP contribution in [0.5, 0.6) is 0 Å². The third kappa shape index (κ3) is 4.78. The van der Waals surface area contributed by atoms with Gasteiger partial charge in [-0.2, -0.15) is 0 Å². The van der Waals surface area contributed by atoms with Crippen molar-refractivity contribution in [1.82, 2.24) is 10.2 Å². The van der Waals surface area contributed by atoms with Crippen molar-refractivity contribution >= 4 is 15.9 Å². The van der Waals surface area contributed by atoms with E-state index in [4.69, 9.17) is 0 Å². The lowest BCUT2D eigenvalue weighted by Gasteiger charge is -2.26. The Labute approximate surface area is 113 Å². The summed E-state index contributed by atoms with van der Waals surface area (Å²) in [5, 5.41) is 3.51. The second kappa shape index (κ2) is 7.14. The van der Waals surface area contributed by atoms with Gasteiger partial charge >= 0.3 is 0 Å². The van der Waals surface area contributed by atoms with Crippen molar-refractivity contribution < 1.29 is 0 Å². The summed E-state index contributed by atoms with van der Waals surface area (Å²) in [6, 6.07) is 8.53. The van der Waals surface area contributed by atoms with Crippen LogP contribution in [0.4, 0.5) is 0 Å². The van der Waals surface area contributed by atoms with Gasteiger partial charge in [0.15, 0.2) is 0 Å². The monoisotopic (exact) mass is 296 g/mol. The zero-order chi connectivity index (χ0) is 11.9. The molecule has 2 rings (SSSR count). The smallest absolute Gasteiger partial charge is 0.0206 e. The molecule has 1 aliphatic rings. The van der Waals surface area contributed by atoms with Crippen LogP contribution in [0.25, 0.3) is 0 Å². The van der Waals surface area contributed by atoms with Crippen LogP contribution < -0.4 is 5.32 Å². The predicted octanol–water partition coefficient (Wildman–Crippen LogP) is 3.02. The number of hydrogen-bond donors (Lipinski definition) is 1. The highest BCUT2D eigenvalue weighted by Gasteiger charge is 2.08. The van der Waals surface area contributed by atoms with Crippen LogP contribution in [-0.4, -0.2) is 31.1 Å². The molecule has 1 N–H and O–H groups in total. The molecule has 1 heterocycles. The molecule has 1 aliphatic heterocycles. The van der Waals surface area contributed by atoms with Crippen molar-refractivity contribution in [3.8, 4) is 0 Å². The molecule has 0 radical (unpaired) electrons. The molecule has 1 aromatic carbocycles. The number of hydrogen-bond acceptors (Lipinski definition) is 2. The van der Waals surface area contributed by atoms with Crippen LogP contribution in [0.2, 0.25) is 0 Å². The Kier molecular flexibility index (Phi) is 5.49.